The van der Waals surface area contributed by atoms with Crippen molar-refractivity contribution in [2.45, 2.75) is 13.5 Å². The predicted molar refractivity (Wildman–Crippen MR) is 73.6 cm³/mol. The van der Waals surface area contributed by atoms with Crippen LogP contribution in [0.25, 0.3) is 0 Å². The lowest BCUT2D eigenvalue weighted by Gasteiger charge is -2.15. The van der Waals surface area contributed by atoms with Crippen LogP contribution in [0, 0.1) is 0 Å². The number of nitrogens with one attached hydrogen (secondary N) is 2. The van der Waals surface area contributed by atoms with E-state index in [9.17, 15) is 9.59 Å². The molecular weight excluding hydrogens is 262 g/mol. The van der Waals surface area contributed by atoms with Crippen LogP contribution in [0.15, 0.2) is 18.2 Å². The summed E-state index contributed by atoms with van der Waals surface area (Å²) in [5.74, 6) is 0.412. The lowest BCUT2D eigenvalue weighted by atomic mass is 10.2. The maximum atomic E-state index is 11.4. The first-order valence-corrected chi connectivity index (χ1v) is 6.19. The van der Waals surface area contributed by atoms with E-state index in [1.807, 2.05) is 24.4 Å². The van der Waals surface area contributed by atoms with Gasteiger partial charge in [0.25, 0.3) is 5.91 Å². The summed E-state index contributed by atoms with van der Waals surface area (Å²) in [5.41, 5.74) is 5.71. The van der Waals surface area contributed by atoms with Crippen molar-refractivity contribution in [3.63, 3.8) is 0 Å². The van der Waals surface area contributed by atoms with Crippen molar-refractivity contribution in [3.8, 4) is 11.5 Å². The monoisotopic (exact) mass is 281 g/mol. The maximum absolute atomic E-state index is 11.4. The first-order chi connectivity index (χ1) is 9.58. The van der Waals surface area contributed by atoms with Gasteiger partial charge in [0.1, 0.15) is 0 Å². The Morgan fingerprint density at radius 1 is 1.30 bits per heavy atom. The SMILES string of the molecule is CCOc1cccc(CNC)c1OCC(=O)NC(N)=O. The summed E-state index contributed by atoms with van der Waals surface area (Å²) < 4.78 is 10.9. The van der Waals surface area contributed by atoms with Crippen molar-refractivity contribution in [1.29, 1.82) is 0 Å². The Hall–Kier alpha value is -2.28. The van der Waals surface area contributed by atoms with E-state index in [1.54, 1.807) is 13.1 Å². The minimum Gasteiger partial charge on any atom is -0.490 e. The van der Waals surface area contributed by atoms with E-state index in [0.29, 0.717) is 24.7 Å². The zero-order chi connectivity index (χ0) is 15.0. The zero-order valence-corrected chi connectivity index (χ0v) is 11.6. The maximum Gasteiger partial charge on any atom is 0.318 e. The number of hydrogen-bond acceptors (Lipinski definition) is 5. The molecule has 0 aliphatic heterocycles. The lowest BCUT2D eigenvalue weighted by Crippen LogP contribution is -2.38. The van der Waals surface area contributed by atoms with Gasteiger partial charge in [0, 0.05) is 12.1 Å². The van der Waals surface area contributed by atoms with Crippen LogP contribution in [0.5, 0.6) is 11.5 Å². The Bertz CT molecular complexity index is 452. The van der Waals surface area contributed by atoms with E-state index in [-0.39, 0.29) is 6.61 Å². The van der Waals surface area contributed by atoms with Crippen molar-refractivity contribution >= 4 is 11.9 Å². The molecule has 0 heterocycles. The molecule has 0 aromatic heterocycles. The molecule has 3 amide bonds. The Kier molecular flexibility index (Phi) is 6.31. The number of amides is 3. The third kappa shape index (κ3) is 4.77. The van der Waals surface area contributed by atoms with Gasteiger partial charge >= 0.3 is 6.03 Å². The largest absolute Gasteiger partial charge is 0.490 e. The Morgan fingerprint density at radius 3 is 2.65 bits per heavy atom. The highest BCUT2D eigenvalue weighted by Crippen LogP contribution is 2.31. The van der Waals surface area contributed by atoms with Gasteiger partial charge in [0.05, 0.1) is 6.61 Å². The summed E-state index contributed by atoms with van der Waals surface area (Å²) in [7, 11) is 1.80. The molecule has 1 aromatic rings. The number of nitrogens with two attached hydrogens (primary N) is 1. The smallest absolute Gasteiger partial charge is 0.318 e. The quantitative estimate of drug-likeness (QED) is 0.670. The molecule has 0 unspecified atom stereocenters. The molecule has 4 N–H and O–H groups in total. The molecular formula is C13H19N3O4. The van der Waals surface area contributed by atoms with E-state index in [0.717, 1.165) is 5.56 Å². The standard InChI is InChI=1S/C13H19N3O4/c1-3-19-10-6-4-5-9(7-15-2)12(10)20-8-11(17)16-13(14)18/h4-6,15H,3,7-8H2,1-2H3,(H3,14,16,17,18). The summed E-state index contributed by atoms with van der Waals surface area (Å²) in [6.07, 6.45) is 0. The second-order valence-electron chi connectivity index (χ2n) is 3.91. The van der Waals surface area contributed by atoms with E-state index < -0.39 is 11.9 Å². The van der Waals surface area contributed by atoms with Crippen LogP contribution >= 0.6 is 0 Å². The fourth-order valence-electron chi connectivity index (χ4n) is 1.64. The van der Waals surface area contributed by atoms with Crippen LogP contribution in [-0.2, 0) is 11.3 Å². The number of carbonyl (C=O) groups is 2. The lowest BCUT2D eigenvalue weighted by molar-refractivity contribution is -0.121. The third-order valence-corrected chi connectivity index (χ3v) is 2.34. The van der Waals surface area contributed by atoms with E-state index in [4.69, 9.17) is 15.2 Å². The molecule has 0 bridgehead atoms. The van der Waals surface area contributed by atoms with Gasteiger partial charge in [-0.2, -0.15) is 0 Å². The molecule has 7 nitrogen and oxygen atoms in total. The average molecular weight is 281 g/mol. The normalized spacial score (nSPS) is 9.90. The van der Waals surface area contributed by atoms with E-state index >= 15 is 0 Å². The van der Waals surface area contributed by atoms with Gasteiger partial charge in [-0.3, -0.25) is 10.1 Å². The number of para-hydroxylation sites is 1. The van der Waals surface area contributed by atoms with Crippen LogP contribution in [-0.4, -0.2) is 32.2 Å². The highest BCUT2D eigenvalue weighted by molar-refractivity contribution is 5.94. The molecule has 0 saturated carbocycles. The predicted octanol–water partition coefficient (Wildman–Crippen LogP) is 0.378. The molecule has 1 rings (SSSR count). The molecule has 0 aliphatic carbocycles. The van der Waals surface area contributed by atoms with Gasteiger partial charge in [-0.25, -0.2) is 4.79 Å². The first kappa shape index (κ1) is 15.8. The minimum absolute atomic E-state index is 0.316. The van der Waals surface area contributed by atoms with Gasteiger partial charge in [0.2, 0.25) is 0 Å². The molecule has 0 fully saturated rings. The fourth-order valence-corrected chi connectivity index (χ4v) is 1.64. The Labute approximate surface area is 117 Å². The topological polar surface area (TPSA) is 103 Å². The number of ether oxygens (including phenoxy) is 2. The van der Waals surface area contributed by atoms with Gasteiger partial charge in [-0.1, -0.05) is 12.1 Å². The van der Waals surface area contributed by atoms with E-state index in [1.165, 1.54) is 0 Å². The van der Waals surface area contributed by atoms with Crippen LogP contribution in [0.1, 0.15) is 12.5 Å². The van der Waals surface area contributed by atoms with Crippen LogP contribution in [0.3, 0.4) is 0 Å². The molecule has 1 aromatic carbocycles. The summed E-state index contributed by atoms with van der Waals surface area (Å²) in [4.78, 5) is 21.9. The second-order valence-corrected chi connectivity index (χ2v) is 3.91. The zero-order valence-electron chi connectivity index (χ0n) is 11.6. The van der Waals surface area contributed by atoms with Gasteiger partial charge in [0.15, 0.2) is 18.1 Å². The van der Waals surface area contributed by atoms with Crippen molar-refractivity contribution in [1.82, 2.24) is 10.6 Å². The number of urea groups is 1. The number of benzene rings is 1. The molecule has 0 atom stereocenters. The summed E-state index contributed by atoms with van der Waals surface area (Å²) in [6.45, 7) is 2.58. The molecule has 0 aliphatic rings. The number of carbonyl (C=O) groups excluding carboxylic acids is 2. The molecule has 0 radical (unpaired) electrons. The summed E-state index contributed by atoms with van der Waals surface area (Å²) in [6, 6.07) is 4.55. The molecule has 7 heteroatoms. The second kappa shape index (κ2) is 8.00. The van der Waals surface area contributed by atoms with Gasteiger partial charge in [-0.05, 0) is 20.0 Å². The highest BCUT2D eigenvalue weighted by atomic mass is 16.5. The Morgan fingerprint density at radius 2 is 2.05 bits per heavy atom. The van der Waals surface area contributed by atoms with Crippen molar-refractivity contribution in [2.75, 3.05) is 20.3 Å². The van der Waals surface area contributed by atoms with Crippen LogP contribution < -0.4 is 25.8 Å². The molecule has 110 valence electrons. The number of primary amides is 1. The summed E-state index contributed by atoms with van der Waals surface area (Å²) >= 11 is 0. The number of imide groups is 1. The van der Waals surface area contributed by atoms with Crippen molar-refractivity contribution in [3.05, 3.63) is 23.8 Å². The molecule has 0 spiro atoms. The molecule has 0 saturated heterocycles. The summed E-state index contributed by atoms with van der Waals surface area (Å²) in [5, 5.41) is 4.94. The number of hydrogen-bond donors (Lipinski definition) is 3. The van der Waals surface area contributed by atoms with Crippen LogP contribution in [0.2, 0.25) is 0 Å². The van der Waals surface area contributed by atoms with Crippen molar-refractivity contribution < 1.29 is 19.1 Å². The fraction of sp³-hybridized carbons (Fsp3) is 0.385. The number of rotatable bonds is 7. The van der Waals surface area contributed by atoms with E-state index in [2.05, 4.69) is 5.32 Å². The average Bonchev–Trinajstić information content (AvgIpc) is 2.38. The van der Waals surface area contributed by atoms with Crippen molar-refractivity contribution in [2.24, 2.45) is 5.73 Å². The first-order valence-electron chi connectivity index (χ1n) is 6.19. The molecule has 20 heavy (non-hydrogen) atoms. The van der Waals surface area contributed by atoms with Gasteiger partial charge in [-0.15, -0.1) is 0 Å². The minimum atomic E-state index is -0.910. The van der Waals surface area contributed by atoms with Gasteiger partial charge < -0.3 is 20.5 Å². The van der Waals surface area contributed by atoms with Crippen LogP contribution in [0.4, 0.5) is 4.79 Å². The highest BCUT2D eigenvalue weighted by Gasteiger charge is 2.13. The Balaban J connectivity index is 2.83. The third-order valence-electron chi connectivity index (χ3n) is 2.34.